The average molecular weight is 208 g/mol. The Morgan fingerprint density at radius 3 is 2.87 bits per heavy atom. The lowest BCUT2D eigenvalue weighted by Gasteiger charge is -2.36. The Kier molecular flexibility index (Phi) is 2.57. The smallest absolute Gasteiger partial charge is 0.236 e. The van der Waals surface area contributed by atoms with Crippen LogP contribution in [-0.4, -0.2) is 11.6 Å². The van der Waals surface area contributed by atoms with E-state index in [2.05, 4.69) is 24.4 Å². The lowest BCUT2D eigenvalue weighted by atomic mass is 9.69. The Morgan fingerprint density at radius 1 is 1.47 bits per heavy atom. The second-order valence-electron chi connectivity index (χ2n) is 5.64. The predicted molar refractivity (Wildman–Crippen MR) is 60.5 cm³/mol. The first kappa shape index (κ1) is 10.7. The third-order valence-electron chi connectivity index (χ3n) is 4.00. The van der Waals surface area contributed by atoms with Crippen LogP contribution < -0.4 is 5.43 Å². The number of hydrazone groups is 1. The van der Waals surface area contributed by atoms with Crippen molar-refractivity contribution < 1.29 is 4.79 Å². The van der Waals surface area contributed by atoms with Gasteiger partial charge in [-0.2, -0.15) is 5.10 Å². The monoisotopic (exact) mass is 208 g/mol. The molecule has 3 heteroatoms. The van der Waals surface area contributed by atoms with Crippen LogP contribution in [0.15, 0.2) is 5.10 Å². The van der Waals surface area contributed by atoms with Gasteiger partial charge < -0.3 is 0 Å². The molecule has 0 aliphatic heterocycles. The Hall–Kier alpha value is -0.860. The highest BCUT2D eigenvalue weighted by Crippen LogP contribution is 2.50. The highest BCUT2D eigenvalue weighted by atomic mass is 16.2. The van der Waals surface area contributed by atoms with Crippen molar-refractivity contribution in [1.29, 1.82) is 0 Å². The van der Waals surface area contributed by atoms with E-state index in [1.807, 2.05) is 0 Å². The van der Waals surface area contributed by atoms with Crippen LogP contribution in [-0.2, 0) is 4.79 Å². The molecule has 15 heavy (non-hydrogen) atoms. The summed E-state index contributed by atoms with van der Waals surface area (Å²) in [5, 5.41) is 4.27. The third kappa shape index (κ3) is 2.06. The van der Waals surface area contributed by atoms with Gasteiger partial charge >= 0.3 is 0 Å². The Bertz CT molecular complexity index is 307. The van der Waals surface area contributed by atoms with Crippen LogP contribution in [0.1, 0.15) is 46.5 Å². The second-order valence-corrected chi connectivity index (χ2v) is 5.64. The molecule has 2 aliphatic carbocycles. The normalized spacial score (nSPS) is 35.5. The van der Waals surface area contributed by atoms with Crippen LogP contribution >= 0.6 is 0 Å². The topological polar surface area (TPSA) is 41.5 Å². The minimum absolute atomic E-state index is 0.0690. The van der Waals surface area contributed by atoms with E-state index < -0.39 is 0 Å². The largest absolute Gasteiger partial charge is 0.274 e. The molecule has 3 nitrogen and oxygen atoms in total. The zero-order valence-electron chi connectivity index (χ0n) is 9.84. The molecule has 2 atom stereocenters. The molecule has 0 spiro atoms. The molecular formula is C12H20N2O. The first-order valence-electron chi connectivity index (χ1n) is 5.82. The maximum Gasteiger partial charge on any atom is 0.236 e. The maximum atomic E-state index is 10.8. The zero-order chi connectivity index (χ0) is 11.1. The highest BCUT2D eigenvalue weighted by molar-refractivity contribution is 5.89. The van der Waals surface area contributed by atoms with Crippen LogP contribution in [0.25, 0.3) is 0 Å². The molecule has 0 aromatic carbocycles. The molecule has 1 amide bonds. The SMILES string of the molecule is CC(=O)N/N=C1\CC(C)(C)C2CCC1C2. The van der Waals surface area contributed by atoms with Crippen molar-refractivity contribution in [1.82, 2.24) is 5.43 Å². The molecule has 2 bridgehead atoms. The molecule has 0 saturated heterocycles. The Balaban J connectivity index is 2.13. The third-order valence-corrected chi connectivity index (χ3v) is 4.00. The summed E-state index contributed by atoms with van der Waals surface area (Å²) in [4.78, 5) is 10.8. The number of amides is 1. The lowest BCUT2D eigenvalue weighted by molar-refractivity contribution is -0.118. The van der Waals surface area contributed by atoms with Gasteiger partial charge in [-0.05, 0) is 42.9 Å². The Morgan fingerprint density at radius 2 is 2.20 bits per heavy atom. The molecule has 1 N–H and O–H groups in total. The molecule has 0 radical (unpaired) electrons. The van der Waals surface area contributed by atoms with E-state index in [0.717, 1.165) is 12.3 Å². The van der Waals surface area contributed by atoms with Gasteiger partial charge in [0.2, 0.25) is 5.91 Å². The number of rotatable bonds is 1. The van der Waals surface area contributed by atoms with Crippen LogP contribution in [0, 0.1) is 17.3 Å². The minimum atomic E-state index is -0.0690. The summed E-state index contributed by atoms with van der Waals surface area (Å²) < 4.78 is 0. The van der Waals surface area contributed by atoms with Gasteiger partial charge in [0.05, 0.1) is 0 Å². The van der Waals surface area contributed by atoms with Gasteiger partial charge in [0.15, 0.2) is 0 Å². The van der Waals surface area contributed by atoms with Gasteiger partial charge in [-0.1, -0.05) is 13.8 Å². The second kappa shape index (κ2) is 3.62. The van der Waals surface area contributed by atoms with Crippen molar-refractivity contribution in [2.75, 3.05) is 0 Å². The van der Waals surface area contributed by atoms with Gasteiger partial charge in [-0.15, -0.1) is 0 Å². The van der Waals surface area contributed by atoms with Gasteiger partial charge in [0.1, 0.15) is 0 Å². The summed E-state index contributed by atoms with van der Waals surface area (Å²) >= 11 is 0. The summed E-state index contributed by atoms with van der Waals surface area (Å²) in [6.45, 7) is 6.15. The predicted octanol–water partition coefficient (Wildman–Crippen LogP) is 2.32. The van der Waals surface area contributed by atoms with Crippen LogP contribution in [0.3, 0.4) is 0 Å². The maximum absolute atomic E-state index is 10.8. The summed E-state index contributed by atoms with van der Waals surface area (Å²) in [6, 6.07) is 0. The average Bonchev–Trinajstić information content (AvgIpc) is 2.56. The summed E-state index contributed by atoms with van der Waals surface area (Å²) in [5.74, 6) is 1.43. The van der Waals surface area contributed by atoms with Gasteiger partial charge in [0, 0.05) is 12.6 Å². The molecule has 2 unspecified atom stereocenters. The van der Waals surface area contributed by atoms with E-state index in [-0.39, 0.29) is 5.91 Å². The molecule has 0 heterocycles. The van der Waals surface area contributed by atoms with Crippen molar-refractivity contribution in [3.05, 3.63) is 0 Å². The fourth-order valence-corrected chi connectivity index (χ4v) is 3.03. The van der Waals surface area contributed by atoms with Crippen molar-refractivity contribution in [3.63, 3.8) is 0 Å². The van der Waals surface area contributed by atoms with Gasteiger partial charge in [-0.3, -0.25) is 4.79 Å². The number of carbonyl (C=O) groups excluding carboxylic acids is 1. The zero-order valence-corrected chi connectivity index (χ0v) is 9.84. The highest BCUT2D eigenvalue weighted by Gasteiger charge is 2.44. The number of fused-ring (bicyclic) bond motifs is 2. The number of hydrogen-bond donors (Lipinski definition) is 1. The molecule has 2 fully saturated rings. The van der Waals surface area contributed by atoms with E-state index >= 15 is 0 Å². The van der Waals surface area contributed by atoms with Gasteiger partial charge in [0.25, 0.3) is 0 Å². The first-order valence-corrected chi connectivity index (χ1v) is 5.82. The minimum Gasteiger partial charge on any atom is -0.274 e. The first-order chi connectivity index (χ1) is 6.99. The van der Waals surface area contributed by atoms with Crippen molar-refractivity contribution in [3.8, 4) is 0 Å². The summed E-state index contributed by atoms with van der Waals surface area (Å²) in [7, 11) is 0. The molecule has 2 rings (SSSR count). The molecule has 0 aromatic heterocycles. The molecule has 2 saturated carbocycles. The molecule has 0 aromatic rings. The molecule has 84 valence electrons. The number of nitrogens with zero attached hydrogens (tertiary/aromatic N) is 1. The quantitative estimate of drug-likeness (QED) is 0.660. The van der Waals surface area contributed by atoms with E-state index in [4.69, 9.17) is 0 Å². The number of carbonyl (C=O) groups is 1. The van der Waals surface area contributed by atoms with Crippen molar-refractivity contribution in [2.45, 2.75) is 46.5 Å². The van der Waals surface area contributed by atoms with E-state index in [1.165, 1.54) is 31.9 Å². The van der Waals surface area contributed by atoms with Crippen LogP contribution in [0.5, 0.6) is 0 Å². The fourth-order valence-electron chi connectivity index (χ4n) is 3.03. The fraction of sp³-hybridized carbons (Fsp3) is 0.833. The van der Waals surface area contributed by atoms with Crippen molar-refractivity contribution >= 4 is 11.6 Å². The number of hydrogen-bond acceptors (Lipinski definition) is 2. The molecular weight excluding hydrogens is 188 g/mol. The summed E-state index contributed by atoms with van der Waals surface area (Å²) in [6.07, 6.45) is 4.90. The van der Waals surface area contributed by atoms with Crippen LogP contribution in [0.4, 0.5) is 0 Å². The summed E-state index contributed by atoms with van der Waals surface area (Å²) in [5.41, 5.74) is 4.16. The van der Waals surface area contributed by atoms with E-state index in [1.54, 1.807) is 0 Å². The van der Waals surface area contributed by atoms with E-state index in [0.29, 0.717) is 11.3 Å². The van der Waals surface area contributed by atoms with Crippen molar-refractivity contribution in [2.24, 2.45) is 22.4 Å². The Labute approximate surface area is 91.3 Å². The van der Waals surface area contributed by atoms with Crippen LogP contribution in [0.2, 0.25) is 0 Å². The number of nitrogens with one attached hydrogen (secondary N) is 1. The molecule has 2 aliphatic rings. The van der Waals surface area contributed by atoms with Gasteiger partial charge in [-0.25, -0.2) is 5.43 Å². The van der Waals surface area contributed by atoms with E-state index in [9.17, 15) is 4.79 Å². The lowest BCUT2D eigenvalue weighted by Crippen LogP contribution is -2.33. The standard InChI is InChI=1S/C12H20N2O/c1-8(15)13-14-11-7-12(2,3)10-5-4-9(11)6-10/h9-10H,4-7H2,1-3H3,(H,13,15)/b14-11+.